The Kier molecular flexibility index (Phi) is 4.76. The largest absolute Gasteiger partial charge is 0.276 e. The molecule has 23 heavy (non-hydrogen) atoms. The molecule has 1 N–H and O–H groups in total. The number of hydrogen-bond acceptors (Lipinski definition) is 3. The standard InChI is InChI=1S/C18H26N2O2S/c1-3-4-14-6-9-17(10-7-14)23(21,22)20-19-13(2)18-12-15-5-8-16(18)11-15/h6-7,9-10,15-16,18,20H,3-5,8,11-12H2,1-2H3/b19-13-/t15-,16-,18+/m0/s1. The molecule has 3 rings (SSSR count). The van der Waals surface area contributed by atoms with Crippen LogP contribution in [-0.2, 0) is 16.4 Å². The number of rotatable bonds is 6. The smallest absolute Gasteiger partial charge is 0.200 e. The minimum absolute atomic E-state index is 0.279. The Morgan fingerprint density at radius 3 is 2.52 bits per heavy atom. The van der Waals surface area contributed by atoms with Gasteiger partial charge in [0.2, 0.25) is 0 Å². The van der Waals surface area contributed by atoms with Crippen molar-refractivity contribution in [2.24, 2.45) is 22.9 Å². The van der Waals surface area contributed by atoms with E-state index in [1.807, 2.05) is 19.1 Å². The summed E-state index contributed by atoms with van der Waals surface area (Å²) in [5.41, 5.74) is 2.09. The fourth-order valence-electron chi connectivity index (χ4n) is 4.15. The minimum Gasteiger partial charge on any atom is -0.200 e. The molecule has 0 aliphatic heterocycles. The molecular formula is C18H26N2O2S. The van der Waals surface area contributed by atoms with E-state index in [1.165, 1.54) is 25.7 Å². The number of fused-ring (bicyclic) bond motifs is 2. The Morgan fingerprint density at radius 2 is 1.96 bits per heavy atom. The van der Waals surface area contributed by atoms with Crippen LogP contribution >= 0.6 is 0 Å². The molecule has 2 bridgehead atoms. The summed E-state index contributed by atoms with van der Waals surface area (Å²) >= 11 is 0. The van der Waals surface area contributed by atoms with E-state index in [9.17, 15) is 8.42 Å². The van der Waals surface area contributed by atoms with E-state index >= 15 is 0 Å². The van der Waals surface area contributed by atoms with E-state index < -0.39 is 10.0 Å². The number of nitrogens with zero attached hydrogens (tertiary/aromatic N) is 1. The third-order valence-corrected chi connectivity index (χ3v) is 6.61. The Morgan fingerprint density at radius 1 is 1.22 bits per heavy atom. The predicted molar refractivity (Wildman–Crippen MR) is 92.8 cm³/mol. The quantitative estimate of drug-likeness (QED) is 0.636. The van der Waals surface area contributed by atoms with Crippen LogP contribution < -0.4 is 4.83 Å². The maximum atomic E-state index is 12.4. The highest BCUT2D eigenvalue weighted by atomic mass is 32.2. The molecule has 0 amide bonds. The van der Waals surface area contributed by atoms with Gasteiger partial charge in [-0.15, -0.1) is 0 Å². The molecule has 4 nitrogen and oxygen atoms in total. The Hall–Kier alpha value is -1.36. The summed E-state index contributed by atoms with van der Waals surface area (Å²) in [7, 11) is -3.57. The third kappa shape index (κ3) is 3.60. The zero-order chi connectivity index (χ0) is 16.4. The summed E-state index contributed by atoms with van der Waals surface area (Å²) in [6.45, 7) is 4.07. The molecule has 2 fully saturated rings. The summed E-state index contributed by atoms with van der Waals surface area (Å²) in [6, 6.07) is 7.08. The van der Waals surface area contributed by atoms with Crippen LogP contribution in [0.25, 0.3) is 0 Å². The van der Waals surface area contributed by atoms with E-state index in [0.29, 0.717) is 11.8 Å². The van der Waals surface area contributed by atoms with Crippen molar-refractivity contribution in [3.8, 4) is 0 Å². The molecule has 1 aromatic rings. The molecule has 0 radical (unpaired) electrons. The highest BCUT2D eigenvalue weighted by molar-refractivity contribution is 7.89. The molecular weight excluding hydrogens is 308 g/mol. The van der Waals surface area contributed by atoms with Crippen LogP contribution in [0, 0.1) is 17.8 Å². The van der Waals surface area contributed by atoms with Crippen LogP contribution in [0.4, 0.5) is 0 Å². The summed E-state index contributed by atoms with van der Waals surface area (Å²) in [5.74, 6) is 2.00. The van der Waals surface area contributed by atoms with Crippen molar-refractivity contribution < 1.29 is 8.42 Å². The van der Waals surface area contributed by atoms with Crippen LogP contribution in [0.15, 0.2) is 34.3 Å². The van der Waals surface area contributed by atoms with E-state index in [0.717, 1.165) is 30.0 Å². The minimum atomic E-state index is -3.57. The highest BCUT2D eigenvalue weighted by Gasteiger charge is 2.40. The first-order valence-corrected chi connectivity index (χ1v) is 10.1. The normalized spacial score (nSPS) is 27.4. The lowest BCUT2D eigenvalue weighted by molar-refractivity contribution is 0.413. The van der Waals surface area contributed by atoms with Gasteiger partial charge < -0.3 is 0 Å². The number of hydrazone groups is 1. The van der Waals surface area contributed by atoms with Crippen LogP contribution in [-0.4, -0.2) is 14.1 Å². The topological polar surface area (TPSA) is 58.5 Å². The maximum Gasteiger partial charge on any atom is 0.276 e. The first-order chi connectivity index (χ1) is 11.0. The third-order valence-electron chi connectivity index (χ3n) is 5.39. The molecule has 2 aliphatic carbocycles. The van der Waals surface area contributed by atoms with Crippen molar-refractivity contribution in [3.05, 3.63) is 29.8 Å². The average molecular weight is 334 g/mol. The Labute approximate surface area is 139 Å². The molecule has 5 heteroatoms. The van der Waals surface area contributed by atoms with Crippen molar-refractivity contribution in [2.45, 2.75) is 57.3 Å². The number of sulfonamides is 1. The molecule has 0 spiro atoms. The molecule has 0 heterocycles. The van der Waals surface area contributed by atoms with Crippen LogP contribution in [0.3, 0.4) is 0 Å². The molecule has 126 valence electrons. The van der Waals surface area contributed by atoms with Crippen LogP contribution in [0.2, 0.25) is 0 Å². The lowest BCUT2D eigenvalue weighted by Crippen LogP contribution is -2.24. The number of nitrogens with one attached hydrogen (secondary N) is 1. The number of hydrogen-bond donors (Lipinski definition) is 1. The first-order valence-electron chi connectivity index (χ1n) is 8.64. The highest BCUT2D eigenvalue weighted by Crippen LogP contribution is 2.48. The Balaban J connectivity index is 1.67. The second kappa shape index (κ2) is 6.63. The lowest BCUT2D eigenvalue weighted by Gasteiger charge is -2.21. The number of aryl methyl sites for hydroxylation is 1. The molecule has 2 saturated carbocycles. The molecule has 0 unspecified atom stereocenters. The van der Waals surface area contributed by atoms with Gasteiger partial charge in [0.05, 0.1) is 4.90 Å². The van der Waals surface area contributed by atoms with Crippen molar-refractivity contribution in [1.82, 2.24) is 4.83 Å². The van der Waals surface area contributed by atoms with E-state index in [4.69, 9.17) is 0 Å². The van der Waals surface area contributed by atoms with Crippen molar-refractivity contribution in [2.75, 3.05) is 0 Å². The molecule has 1 aromatic carbocycles. The first kappa shape index (κ1) is 16.5. The van der Waals surface area contributed by atoms with Crippen LogP contribution in [0.5, 0.6) is 0 Å². The zero-order valence-electron chi connectivity index (χ0n) is 14.0. The second-order valence-corrected chi connectivity index (χ2v) is 8.68. The summed E-state index contributed by atoms with van der Waals surface area (Å²) in [4.78, 5) is 2.70. The maximum absolute atomic E-state index is 12.4. The van der Waals surface area contributed by atoms with Gasteiger partial charge in [0.15, 0.2) is 0 Å². The monoisotopic (exact) mass is 334 g/mol. The summed E-state index contributed by atoms with van der Waals surface area (Å²) in [5, 5.41) is 4.21. The van der Waals surface area contributed by atoms with Gasteiger partial charge in [0, 0.05) is 11.6 Å². The second-order valence-electron chi connectivity index (χ2n) is 7.02. The molecule has 2 aliphatic rings. The van der Waals surface area contributed by atoms with Crippen LogP contribution in [0.1, 0.15) is 51.5 Å². The molecule has 0 saturated heterocycles. The van der Waals surface area contributed by atoms with Gasteiger partial charge in [0.25, 0.3) is 10.0 Å². The average Bonchev–Trinajstić information content (AvgIpc) is 3.17. The van der Waals surface area contributed by atoms with Gasteiger partial charge in [-0.3, -0.25) is 0 Å². The Bertz CT molecular complexity index is 679. The van der Waals surface area contributed by atoms with Gasteiger partial charge in [-0.25, -0.2) is 4.83 Å². The fourth-order valence-corrected chi connectivity index (χ4v) is 5.01. The van der Waals surface area contributed by atoms with Crippen molar-refractivity contribution in [1.29, 1.82) is 0 Å². The lowest BCUT2D eigenvalue weighted by atomic mass is 9.86. The van der Waals surface area contributed by atoms with Gasteiger partial charge in [-0.05, 0) is 62.1 Å². The fraction of sp³-hybridized carbons (Fsp3) is 0.611. The predicted octanol–water partition coefficient (Wildman–Crippen LogP) is 3.73. The summed E-state index contributed by atoms with van der Waals surface area (Å²) < 4.78 is 24.7. The van der Waals surface area contributed by atoms with Gasteiger partial charge in [-0.1, -0.05) is 31.9 Å². The van der Waals surface area contributed by atoms with E-state index in [1.54, 1.807) is 12.1 Å². The van der Waals surface area contributed by atoms with E-state index in [2.05, 4.69) is 16.9 Å². The SMILES string of the molecule is CCCc1ccc(S(=O)(=O)N/N=C(/C)[C@H]2C[C@H]3CC[C@H]2C3)cc1. The summed E-state index contributed by atoms with van der Waals surface area (Å²) in [6.07, 6.45) is 7.10. The molecule has 0 aromatic heterocycles. The van der Waals surface area contributed by atoms with E-state index in [-0.39, 0.29) is 4.90 Å². The molecule has 3 atom stereocenters. The number of benzene rings is 1. The van der Waals surface area contributed by atoms with Gasteiger partial charge >= 0.3 is 0 Å². The van der Waals surface area contributed by atoms with Gasteiger partial charge in [-0.2, -0.15) is 13.5 Å². The van der Waals surface area contributed by atoms with Crippen molar-refractivity contribution in [3.63, 3.8) is 0 Å². The van der Waals surface area contributed by atoms with Gasteiger partial charge in [0.1, 0.15) is 0 Å². The zero-order valence-corrected chi connectivity index (χ0v) is 14.8. The van der Waals surface area contributed by atoms with Crippen molar-refractivity contribution >= 4 is 15.7 Å².